The van der Waals surface area contributed by atoms with Crippen molar-refractivity contribution in [2.24, 2.45) is 0 Å². The molecule has 3 aromatic carbocycles. The molecule has 0 aliphatic rings. The molecule has 1 heterocycles. The van der Waals surface area contributed by atoms with Crippen LogP contribution < -0.4 is 15.0 Å². The van der Waals surface area contributed by atoms with Gasteiger partial charge in [-0.05, 0) is 93.4 Å². The number of methoxy groups -OCH3 is 1. The highest BCUT2D eigenvalue weighted by Gasteiger charge is 2.14. The van der Waals surface area contributed by atoms with Crippen molar-refractivity contribution in [2.45, 2.75) is 27.7 Å². The molecule has 4 aromatic rings. The molecule has 0 saturated heterocycles. The number of carbonyl (C=O) groups is 1. The standard InChI is InChI=1S/C26H29N5O2/c1-6-30(7-2)20-10-13-25(18(4)14-20)31-28-23-15-17(3)22(16-24(23)29-31)27-26(32)19-8-11-21(33-5)12-9-19/h8-16H,6-7H2,1-5H3,(H,27,32). The number of fused-ring (bicyclic) bond motifs is 1. The summed E-state index contributed by atoms with van der Waals surface area (Å²) in [5, 5.41) is 12.4. The molecule has 0 atom stereocenters. The van der Waals surface area contributed by atoms with Crippen molar-refractivity contribution in [3.8, 4) is 11.4 Å². The number of benzene rings is 3. The van der Waals surface area contributed by atoms with Crippen LogP contribution in [-0.2, 0) is 0 Å². The Morgan fingerprint density at radius 2 is 1.61 bits per heavy atom. The molecule has 33 heavy (non-hydrogen) atoms. The van der Waals surface area contributed by atoms with Crippen LogP contribution in [0.4, 0.5) is 11.4 Å². The fourth-order valence-corrected chi connectivity index (χ4v) is 3.90. The van der Waals surface area contributed by atoms with E-state index in [0.29, 0.717) is 17.0 Å². The summed E-state index contributed by atoms with van der Waals surface area (Å²) in [4.78, 5) is 16.7. The minimum Gasteiger partial charge on any atom is -0.497 e. The first-order valence-corrected chi connectivity index (χ1v) is 11.1. The number of rotatable bonds is 7. The Balaban J connectivity index is 1.62. The Kier molecular flexibility index (Phi) is 6.31. The van der Waals surface area contributed by atoms with E-state index in [4.69, 9.17) is 4.74 Å². The molecule has 0 fully saturated rings. The van der Waals surface area contributed by atoms with Crippen LogP contribution in [0, 0.1) is 13.8 Å². The van der Waals surface area contributed by atoms with E-state index < -0.39 is 0 Å². The molecule has 0 bridgehead atoms. The quantitative estimate of drug-likeness (QED) is 0.428. The molecular weight excluding hydrogens is 414 g/mol. The lowest BCUT2D eigenvalue weighted by Gasteiger charge is -2.22. The summed E-state index contributed by atoms with van der Waals surface area (Å²) in [5.74, 6) is 0.525. The van der Waals surface area contributed by atoms with Crippen molar-refractivity contribution < 1.29 is 9.53 Å². The number of carbonyl (C=O) groups excluding carboxylic acids is 1. The number of nitrogens with one attached hydrogen (secondary N) is 1. The van der Waals surface area contributed by atoms with E-state index in [9.17, 15) is 4.79 Å². The normalized spacial score (nSPS) is 10.9. The number of hydrogen-bond donors (Lipinski definition) is 1. The lowest BCUT2D eigenvalue weighted by atomic mass is 10.1. The number of ether oxygens (including phenoxy) is 1. The highest BCUT2D eigenvalue weighted by Crippen LogP contribution is 2.25. The summed E-state index contributed by atoms with van der Waals surface area (Å²) in [5.41, 5.74) is 6.92. The molecule has 7 heteroatoms. The third kappa shape index (κ3) is 4.53. The molecule has 4 rings (SSSR count). The average molecular weight is 444 g/mol. The second-order valence-electron chi connectivity index (χ2n) is 7.97. The zero-order valence-electron chi connectivity index (χ0n) is 19.7. The Labute approximate surface area is 194 Å². The fraction of sp³-hybridized carbons (Fsp3) is 0.269. The highest BCUT2D eigenvalue weighted by atomic mass is 16.5. The van der Waals surface area contributed by atoms with E-state index in [1.54, 1.807) is 36.2 Å². The van der Waals surface area contributed by atoms with Gasteiger partial charge in [0.2, 0.25) is 0 Å². The number of amides is 1. The topological polar surface area (TPSA) is 72.3 Å². The van der Waals surface area contributed by atoms with Gasteiger partial charge < -0.3 is 15.0 Å². The van der Waals surface area contributed by atoms with Gasteiger partial charge in [-0.1, -0.05) is 0 Å². The fourth-order valence-electron chi connectivity index (χ4n) is 3.90. The summed E-state index contributed by atoms with van der Waals surface area (Å²) in [6.45, 7) is 10.3. The predicted molar refractivity (Wildman–Crippen MR) is 133 cm³/mol. The molecule has 1 aromatic heterocycles. The Morgan fingerprint density at radius 3 is 2.21 bits per heavy atom. The second kappa shape index (κ2) is 9.32. The van der Waals surface area contributed by atoms with Crippen molar-refractivity contribution in [3.63, 3.8) is 0 Å². The van der Waals surface area contributed by atoms with Crippen molar-refractivity contribution in [1.29, 1.82) is 0 Å². The maximum atomic E-state index is 12.7. The van der Waals surface area contributed by atoms with Crippen LogP contribution in [0.5, 0.6) is 5.75 Å². The molecular formula is C26H29N5O2. The number of aryl methyl sites for hydroxylation is 2. The summed E-state index contributed by atoms with van der Waals surface area (Å²) in [6, 6.07) is 17.2. The van der Waals surface area contributed by atoms with Crippen LogP contribution in [0.3, 0.4) is 0 Å². The van der Waals surface area contributed by atoms with Gasteiger partial charge in [0.15, 0.2) is 0 Å². The third-order valence-electron chi connectivity index (χ3n) is 5.85. The first-order valence-electron chi connectivity index (χ1n) is 11.1. The van der Waals surface area contributed by atoms with Crippen LogP contribution in [0.25, 0.3) is 16.7 Å². The van der Waals surface area contributed by atoms with Gasteiger partial charge in [-0.25, -0.2) is 0 Å². The molecule has 1 N–H and O–H groups in total. The maximum absolute atomic E-state index is 12.7. The molecule has 7 nitrogen and oxygen atoms in total. The van der Waals surface area contributed by atoms with Gasteiger partial charge in [0.05, 0.1) is 12.8 Å². The SMILES string of the molecule is CCN(CC)c1ccc(-n2nc3cc(C)c(NC(=O)c4ccc(OC)cc4)cc3n2)c(C)c1. The largest absolute Gasteiger partial charge is 0.497 e. The van der Waals surface area contributed by atoms with E-state index in [1.165, 1.54) is 5.69 Å². The van der Waals surface area contributed by atoms with Crippen molar-refractivity contribution in [2.75, 3.05) is 30.4 Å². The number of anilines is 2. The lowest BCUT2D eigenvalue weighted by Crippen LogP contribution is -2.21. The molecule has 0 unspecified atom stereocenters. The highest BCUT2D eigenvalue weighted by molar-refractivity contribution is 6.05. The smallest absolute Gasteiger partial charge is 0.255 e. The molecule has 1 amide bonds. The summed E-state index contributed by atoms with van der Waals surface area (Å²) in [7, 11) is 1.60. The van der Waals surface area contributed by atoms with Gasteiger partial charge in [0, 0.05) is 30.0 Å². The Morgan fingerprint density at radius 1 is 0.939 bits per heavy atom. The van der Waals surface area contributed by atoms with E-state index in [0.717, 1.165) is 40.9 Å². The predicted octanol–water partition coefficient (Wildman–Crippen LogP) is 5.14. The van der Waals surface area contributed by atoms with Crippen molar-refractivity contribution in [1.82, 2.24) is 15.0 Å². The first-order chi connectivity index (χ1) is 15.9. The lowest BCUT2D eigenvalue weighted by molar-refractivity contribution is 0.102. The second-order valence-corrected chi connectivity index (χ2v) is 7.97. The minimum absolute atomic E-state index is 0.185. The summed E-state index contributed by atoms with van der Waals surface area (Å²) < 4.78 is 5.16. The number of nitrogens with zero attached hydrogens (tertiary/aromatic N) is 4. The average Bonchev–Trinajstić information content (AvgIpc) is 3.22. The van der Waals surface area contributed by atoms with E-state index >= 15 is 0 Å². The summed E-state index contributed by atoms with van der Waals surface area (Å²) in [6.07, 6.45) is 0. The Hall–Kier alpha value is -3.87. The van der Waals surface area contributed by atoms with Gasteiger partial charge in [-0.3, -0.25) is 4.79 Å². The molecule has 0 aliphatic heterocycles. The van der Waals surface area contributed by atoms with Gasteiger partial charge in [-0.2, -0.15) is 4.80 Å². The van der Waals surface area contributed by atoms with Crippen LogP contribution in [0.15, 0.2) is 54.6 Å². The van der Waals surface area contributed by atoms with Gasteiger partial charge in [0.25, 0.3) is 5.91 Å². The van der Waals surface area contributed by atoms with Crippen LogP contribution >= 0.6 is 0 Å². The van der Waals surface area contributed by atoms with Gasteiger partial charge >= 0.3 is 0 Å². The Bertz CT molecular complexity index is 1290. The molecule has 0 aliphatic carbocycles. The third-order valence-corrected chi connectivity index (χ3v) is 5.85. The zero-order valence-corrected chi connectivity index (χ0v) is 19.7. The van der Waals surface area contributed by atoms with Crippen LogP contribution in [0.2, 0.25) is 0 Å². The molecule has 170 valence electrons. The number of aromatic nitrogens is 3. The zero-order chi connectivity index (χ0) is 23.5. The van der Waals surface area contributed by atoms with Crippen LogP contribution in [0.1, 0.15) is 35.3 Å². The summed E-state index contributed by atoms with van der Waals surface area (Å²) >= 11 is 0. The van der Waals surface area contributed by atoms with E-state index in [1.807, 2.05) is 19.1 Å². The maximum Gasteiger partial charge on any atom is 0.255 e. The molecule has 0 saturated carbocycles. The van der Waals surface area contributed by atoms with E-state index in [2.05, 4.69) is 59.4 Å². The first kappa shape index (κ1) is 22.3. The molecule has 0 spiro atoms. The van der Waals surface area contributed by atoms with Crippen molar-refractivity contribution >= 4 is 28.3 Å². The van der Waals surface area contributed by atoms with Crippen molar-refractivity contribution in [3.05, 3.63) is 71.3 Å². The minimum atomic E-state index is -0.185. The van der Waals surface area contributed by atoms with Crippen LogP contribution in [-0.4, -0.2) is 41.1 Å². The molecule has 0 radical (unpaired) electrons. The monoisotopic (exact) mass is 443 g/mol. The number of hydrogen-bond acceptors (Lipinski definition) is 5. The van der Waals surface area contributed by atoms with Gasteiger partial charge in [-0.15, -0.1) is 10.2 Å². The van der Waals surface area contributed by atoms with E-state index in [-0.39, 0.29) is 5.91 Å². The van der Waals surface area contributed by atoms with Gasteiger partial charge in [0.1, 0.15) is 16.8 Å².